The Morgan fingerprint density at radius 3 is 2.34 bits per heavy atom. The van der Waals surface area contributed by atoms with E-state index in [9.17, 15) is 9.59 Å². The predicted molar refractivity (Wildman–Crippen MR) is 113 cm³/mol. The number of hydrogen-bond acceptors (Lipinski definition) is 3. The quantitative estimate of drug-likeness (QED) is 0.825. The molecule has 154 valence electrons. The van der Waals surface area contributed by atoms with Crippen LogP contribution in [-0.4, -0.2) is 58.0 Å². The molecule has 2 aromatic rings. The first-order valence-corrected chi connectivity index (χ1v) is 10.9. The van der Waals surface area contributed by atoms with E-state index in [0.29, 0.717) is 29.5 Å². The van der Waals surface area contributed by atoms with Crippen molar-refractivity contribution in [2.24, 2.45) is 5.92 Å². The zero-order chi connectivity index (χ0) is 20.2. The van der Waals surface area contributed by atoms with Gasteiger partial charge in [-0.15, -0.1) is 0 Å². The molecule has 0 saturated carbocycles. The molecule has 0 spiro atoms. The molecule has 2 aliphatic rings. The molecule has 0 unspecified atom stereocenters. The highest BCUT2D eigenvalue weighted by Gasteiger charge is 2.31. The van der Waals surface area contributed by atoms with Gasteiger partial charge in [-0.2, -0.15) is 5.10 Å². The Labute approximate surface area is 176 Å². The van der Waals surface area contributed by atoms with Crippen molar-refractivity contribution in [3.05, 3.63) is 41.0 Å². The molecule has 1 aromatic heterocycles. The fourth-order valence-corrected chi connectivity index (χ4v) is 4.52. The lowest BCUT2D eigenvalue weighted by Crippen LogP contribution is -2.44. The molecule has 0 radical (unpaired) electrons. The van der Waals surface area contributed by atoms with E-state index in [1.165, 1.54) is 12.8 Å². The summed E-state index contributed by atoms with van der Waals surface area (Å²) < 4.78 is 0. The van der Waals surface area contributed by atoms with E-state index in [1.54, 1.807) is 12.1 Å². The first kappa shape index (κ1) is 20.0. The number of amides is 2. The molecule has 1 N–H and O–H groups in total. The summed E-state index contributed by atoms with van der Waals surface area (Å²) in [6.07, 6.45) is 6.11. The maximum atomic E-state index is 12.9. The number of hydrogen-bond donors (Lipinski definition) is 1. The number of rotatable bonds is 3. The summed E-state index contributed by atoms with van der Waals surface area (Å²) >= 11 is 6.23. The van der Waals surface area contributed by atoms with Gasteiger partial charge >= 0.3 is 0 Å². The van der Waals surface area contributed by atoms with Crippen LogP contribution in [0.3, 0.4) is 0 Å². The van der Waals surface area contributed by atoms with Gasteiger partial charge in [0, 0.05) is 37.7 Å². The predicted octanol–water partition coefficient (Wildman–Crippen LogP) is 3.98. The van der Waals surface area contributed by atoms with E-state index < -0.39 is 0 Å². The van der Waals surface area contributed by atoms with Gasteiger partial charge < -0.3 is 9.80 Å². The molecule has 7 heteroatoms. The number of aromatic amines is 1. The highest BCUT2D eigenvalue weighted by molar-refractivity contribution is 6.33. The first-order valence-electron chi connectivity index (χ1n) is 10.5. The van der Waals surface area contributed by atoms with Crippen LogP contribution >= 0.6 is 11.6 Å². The third kappa shape index (κ3) is 4.47. The Morgan fingerprint density at radius 1 is 0.966 bits per heavy atom. The molecule has 2 amide bonds. The van der Waals surface area contributed by atoms with Gasteiger partial charge in [0.1, 0.15) is 5.69 Å². The number of benzene rings is 1. The Balaban J connectivity index is 1.36. The van der Waals surface area contributed by atoms with Gasteiger partial charge in [-0.25, -0.2) is 0 Å². The van der Waals surface area contributed by atoms with Crippen LogP contribution in [0.4, 0.5) is 0 Å². The van der Waals surface area contributed by atoms with Crippen LogP contribution in [-0.2, 0) is 4.79 Å². The van der Waals surface area contributed by atoms with Crippen LogP contribution in [0.5, 0.6) is 0 Å². The van der Waals surface area contributed by atoms with E-state index in [0.717, 1.165) is 44.3 Å². The van der Waals surface area contributed by atoms with Gasteiger partial charge in [0.2, 0.25) is 5.91 Å². The van der Waals surface area contributed by atoms with Crippen molar-refractivity contribution in [3.63, 3.8) is 0 Å². The molecule has 2 saturated heterocycles. The van der Waals surface area contributed by atoms with E-state index in [1.807, 2.05) is 28.0 Å². The van der Waals surface area contributed by atoms with Crippen LogP contribution in [0.2, 0.25) is 5.02 Å². The Bertz CT molecular complexity index is 865. The van der Waals surface area contributed by atoms with E-state index in [-0.39, 0.29) is 17.7 Å². The number of aromatic nitrogens is 2. The van der Waals surface area contributed by atoms with Gasteiger partial charge in [0.15, 0.2) is 0 Å². The van der Waals surface area contributed by atoms with Crippen LogP contribution in [0.25, 0.3) is 11.3 Å². The second-order valence-electron chi connectivity index (χ2n) is 7.95. The summed E-state index contributed by atoms with van der Waals surface area (Å²) in [5.41, 5.74) is 1.91. The van der Waals surface area contributed by atoms with Gasteiger partial charge in [-0.05, 0) is 37.8 Å². The van der Waals surface area contributed by atoms with Gasteiger partial charge in [0.05, 0.1) is 10.7 Å². The van der Waals surface area contributed by atoms with Crippen molar-refractivity contribution >= 4 is 23.4 Å². The van der Waals surface area contributed by atoms with Crippen LogP contribution < -0.4 is 0 Å². The average Bonchev–Trinajstić information content (AvgIpc) is 3.08. The van der Waals surface area contributed by atoms with Crippen molar-refractivity contribution in [3.8, 4) is 11.3 Å². The summed E-state index contributed by atoms with van der Waals surface area (Å²) in [5.74, 6) is 0.246. The summed E-state index contributed by atoms with van der Waals surface area (Å²) in [7, 11) is 0. The van der Waals surface area contributed by atoms with Crippen molar-refractivity contribution in [2.75, 3.05) is 26.2 Å². The molecule has 0 atom stereocenters. The van der Waals surface area contributed by atoms with Gasteiger partial charge in [-0.3, -0.25) is 14.7 Å². The number of nitrogens with zero attached hydrogens (tertiary/aromatic N) is 3. The number of carbonyl (C=O) groups excluding carboxylic acids is 2. The first-order chi connectivity index (χ1) is 14.1. The van der Waals surface area contributed by atoms with E-state index in [4.69, 9.17) is 11.6 Å². The van der Waals surface area contributed by atoms with Crippen molar-refractivity contribution < 1.29 is 9.59 Å². The fourth-order valence-electron chi connectivity index (χ4n) is 4.29. The number of halogens is 1. The number of H-pyrrole nitrogens is 1. The fraction of sp³-hybridized carbons (Fsp3) is 0.500. The Hall–Kier alpha value is -2.34. The molecular formula is C22H27ClN4O2. The average molecular weight is 415 g/mol. The molecule has 2 fully saturated rings. The number of nitrogens with one attached hydrogen (secondary N) is 1. The normalized spacial score (nSPS) is 18.5. The standard InChI is InChI=1S/C22H27ClN4O2/c23-18-8-4-3-7-17(18)19-15-20(25-24-19)22(29)27-13-9-16(10-14-27)21(28)26-11-5-1-2-6-12-26/h3-4,7-8,15-16H,1-2,5-6,9-14H2,(H,24,25). The molecule has 2 aliphatic heterocycles. The Morgan fingerprint density at radius 2 is 1.66 bits per heavy atom. The van der Waals surface area contributed by atoms with Crippen LogP contribution in [0, 0.1) is 5.92 Å². The van der Waals surface area contributed by atoms with E-state index in [2.05, 4.69) is 10.2 Å². The number of piperidine rings is 1. The molecular weight excluding hydrogens is 388 g/mol. The zero-order valence-corrected chi connectivity index (χ0v) is 17.3. The maximum absolute atomic E-state index is 12.9. The minimum Gasteiger partial charge on any atom is -0.342 e. The molecule has 4 rings (SSSR count). The minimum absolute atomic E-state index is 0.0394. The second kappa shape index (κ2) is 8.99. The van der Waals surface area contributed by atoms with Crippen molar-refractivity contribution in [1.29, 1.82) is 0 Å². The molecule has 3 heterocycles. The van der Waals surface area contributed by atoms with Gasteiger partial charge in [0.25, 0.3) is 5.91 Å². The summed E-state index contributed by atoms with van der Waals surface area (Å²) in [6, 6.07) is 9.19. The number of likely N-dealkylation sites (tertiary alicyclic amines) is 2. The zero-order valence-electron chi connectivity index (χ0n) is 16.6. The summed E-state index contributed by atoms with van der Waals surface area (Å²) in [5, 5.41) is 7.71. The topological polar surface area (TPSA) is 69.3 Å². The van der Waals surface area contributed by atoms with Crippen molar-refractivity contribution in [1.82, 2.24) is 20.0 Å². The summed E-state index contributed by atoms with van der Waals surface area (Å²) in [4.78, 5) is 29.6. The lowest BCUT2D eigenvalue weighted by atomic mass is 9.95. The Kier molecular flexibility index (Phi) is 6.19. The molecule has 29 heavy (non-hydrogen) atoms. The largest absolute Gasteiger partial charge is 0.342 e. The molecule has 1 aromatic carbocycles. The van der Waals surface area contributed by atoms with Crippen LogP contribution in [0.1, 0.15) is 49.0 Å². The summed E-state index contributed by atoms with van der Waals surface area (Å²) in [6.45, 7) is 2.97. The number of carbonyl (C=O) groups is 2. The lowest BCUT2D eigenvalue weighted by molar-refractivity contribution is -0.136. The highest BCUT2D eigenvalue weighted by atomic mass is 35.5. The maximum Gasteiger partial charge on any atom is 0.271 e. The monoisotopic (exact) mass is 414 g/mol. The molecule has 6 nitrogen and oxygen atoms in total. The lowest BCUT2D eigenvalue weighted by Gasteiger charge is -2.33. The van der Waals surface area contributed by atoms with E-state index >= 15 is 0 Å². The molecule has 0 bridgehead atoms. The third-order valence-corrected chi connectivity index (χ3v) is 6.34. The van der Waals surface area contributed by atoms with Gasteiger partial charge in [-0.1, -0.05) is 42.6 Å². The minimum atomic E-state index is -0.0727. The smallest absolute Gasteiger partial charge is 0.271 e. The van der Waals surface area contributed by atoms with Crippen LogP contribution in [0.15, 0.2) is 30.3 Å². The SMILES string of the molecule is O=C(c1cc(-c2ccccc2Cl)n[nH]1)N1CCC(C(=O)N2CCCCCC2)CC1. The highest BCUT2D eigenvalue weighted by Crippen LogP contribution is 2.27. The molecule has 0 aliphatic carbocycles. The van der Waals surface area contributed by atoms with Crippen molar-refractivity contribution in [2.45, 2.75) is 38.5 Å². The second-order valence-corrected chi connectivity index (χ2v) is 8.36. The third-order valence-electron chi connectivity index (χ3n) is 6.01.